The second-order valence-corrected chi connectivity index (χ2v) is 3.94. The number of rotatable bonds is 2. The fourth-order valence-electron chi connectivity index (χ4n) is 1.49. The molecule has 1 atom stereocenters. The molecular weight excluding hydrogens is 200 g/mol. The van der Waals surface area contributed by atoms with Crippen molar-refractivity contribution < 1.29 is 9.47 Å². The van der Waals surface area contributed by atoms with E-state index in [9.17, 15) is 0 Å². The number of benzene rings is 1. The van der Waals surface area contributed by atoms with Gasteiger partial charge in [0.1, 0.15) is 11.9 Å². The highest BCUT2D eigenvalue weighted by Gasteiger charge is 2.18. The fourth-order valence-corrected chi connectivity index (χ4v) is 1.77. The zero-order valence-electron chi connectivity index (χ0n) is 8.13. The molecule has 1 aliphatic rings. The summed E-state index contributed by atoms with van der Waals surface area (Å²) in [7, 11) is 0. The average molecular weight is 213 g/mol. The molecule has 14 heavy (non-hydrogen) atoms. The summed E-state index contributed by atoms with van der Waals surface area (Å²) in [6.07, 6.45) is 1.11. The average Bonchev–Trinajstić information content (AvgIpc) is 2.62. The van der Waals surface area contributed by atoms with E-state index in [0.717, 1.165) is 24.3 Å². The van der Waals surface area contributed by atoms with Crippen LogP contribution in [0.5, 0.6) is 5.75 Å². The summed E-state index contributed by atoms with van der Waals surface area (Å²) in [4.78, 5) is 0. The van der Waals surface area contributed by atoms with E-state index in [2.05, 4.69) is 0 Å². The van der Waals surface area contributed by atoms with E-state index < -0.39 is 0 Å². The molecule has 3 heteroatoms. The molecule has 76 valence electrons. The summed E-state index contributed by atoms with van der Waals surface area (Å²) in [6.45, 7) is 3.46. The van der Waals surface area contributed by atoms with Crippen LogP contribution in [0.4, 0.5) is 0 Å². The molecule has 0 aliphatic carbocycles. The minimum atomic E-state index is 0.162. The van der Waals surface area contributed by atoms with Crippen molar-refractivity contribution in [1.82, 2.24) is 0 Å². The van der Waals surface area contributed by atoms with E-state index in [1.807, 2.05) is 25.1 Å². The lowest BCUT2D eigenvalue weighted by Crippen LogP contribution is -2.15. The Morgan fingerprint density at radius 3 is 3.00 bits per heavy atom. The maximum atomic E-state index is 6.04. The number of aryl methyl sites for hydroxylation is 1. The molecule has 0 saturated carbocycles. The summed E-state index contributed by atoms with van der Waals surface area (Å²) in [5, 5.41) is 0.678. The standard InChI is InChI=1S/C11H13ClO2/c1-8-2-3-11(10(12)6-8)14-9-4-5-13-7-9/h2-3,6,9H,4-5,7H2,1H3/t9-/m0/s1. The highest BCUT2D eigenvalue weighted by atomic mass is 35.5. The van der Waals surface area contributed by atoms with Crippen molar-refractivity contribution in [3.05, 3.63) is 28.8 Å². The van der Waals surface area contributed by atoms with E-state index in [-0.39, 0.29) is 6.10 Å². The predicted molar refractivity (Wildman–Crippen MR) is 56.0 cm³/mol. The van der Waals surface area contributed by atoms with Gasteiger partial charge in [0.15, 0.2) is 0 Å². The molecule has 1 heterocycles. The lowest BCUT2D eigenvalue weighted by Gasteiger charge is -2.13. The van der Waals surface area contributed by atoms with Gasteiger partial charge in [-0.2, -0.15) is 0 Å². The first-order chi connectivity index (χ1) is 6.75. The van der Waals surface area contributed by atoms with Crippen LogP contribution in [0.2, 0.25) is 5.02 Å². The summed E-state index contributed by atoms with van der Waals surface area (Å²) < 4.78 is 10.9. The van der Waals surface area contributed by atoms with Gasteiger partial charge in [-0.3, -0.25) is 0 Å². The second kappa shape index (κ2) is 4.20. The lowest BCUT2D eigenvalue weighted by atomic mass is 10.2. The molecule has 0 radical (unpaired) electrons. The minimum absolute atomic E-state index is 0.162. The first kappa shape index (κ1) is 9.81. The number of halogens is 1. The maximum Gasteiger partial charge on any atom is 0.138 e. The van der Waals surface area contributed by atoms with Gasteiger partial charge in [0.05, 0.1) is 18.2 Å². The molecule has 0 spiro atoms. The molecule has 0 unspecified atom stereocenters. The van der Waals surface area contributed by atoms with Crippen LogP contribution in [0.3, 0.4) is 0 Å². The van der Waals surface area contributed by atoms with Crippen LogP contribution < -0.4 is 4.74 Å². The summed E-state index contributed by atoms with van der Waals surface area (Å²) in [6, 6.07) is 5.82. The fraction of sp³-hybridized carbons (Fsp3) is 0.455. The van der Waals surface area contributed by atoms with Gasteiger partial charge < -0.3 is 9.47 Å². The van der Waals surface area contributed by atoms with E-state index in [1.165, 1.54) is 0 Å². The highest BCUT2D eigenvalue weighted by molar-refractivity contribution is 6.32. The molecule has 2 nitrogen and oxygen atoms in total. The van der Waals surface area contributed by atoms with Crippen LogP contribution in [0, 0.1) is 6.92 Å². The molecule has 0 amide bonds. The van der Waals surface area contributed by atoms with Gasteiger partial charge in [-0.05, 0) is 24.6 Å². The van der Waals surface area contributed by atoms with Gasteiger partial charge in [-0.25, -0.2) is 0 Å². The molecule has 2 rings (SSSR count). The van der Waals surface area contributed by atoms with Crippen LogP contribution in [0.25, 0.3) is 0 Å². The molecule has 1 saturated heterocycles. The third-order valence-electron chi connectivity index (χ3n) is 2.27. The largest absolute Gasteiger partial charge is 0.486 e. The van der Waals surface area contributed by atoms with Gasteiger partial charge in [-0.15, -0.1) is 0 Å². The van der Waals surface area contributed by atoms with E-state index >= 15 is 0 Å². The summed E-state index contributed by atoms with van der Waals surface area (Å²) in [5.41, 5.74) is 1.14. The third kappa shape index (κ3) is 2.20. The van der Waals surface area contributed by atoms with Crippen molar-refractivity contribution in [2.75, 3.05) is 13.2 Å². The zero-order valence-corrected chi connectivity index (χ0v) is 8.88. The predicted octanol–water partition coefficient (Wildman–Crippen LogP) is 2.82. The number of hydrogen-bond acceptors (Lipinski definition) is 2. The molecule has 1 aromatic carbocycles. The molecular formula is C11H13ClO2. The first-order valence-corrected chi connectivity index (χ1v) is 5.14. The lowest BCUT2D eigenvalue weighted by molar-refractivity contribution is 0.141. The maximum absolute atomic E-state index is 6.04. The highest BCUT2D eigenvalue weighted by Crippen LogP contribution is 2.27. The van der Waals surface area contributed by atoms with Gasteiger partial charge in [0, 0.05) is 6.42 Å². The van der Waals surface area contributed by atoms with Crippen LogP contribution >= 0.6 is 11.6 Å². The monoisotopic (exact) mass is 212 g/mol. The van der Waals surface area contributed by atoms with Gasteiger partial charge in [-0.1, -0.05) is 17.7 Å². The molecule has 0 aromatic heterocycles. The van der Waals surface area contributed by atoms with E-state index in [4.69, 9.17) is 21.1 Å². The Bertz CT molecular complexity index is 319. The number of ether oxygens (including phenoxy) is 2. The molecule has 0 bridgehead atoms. The Kier molecular flexibility index (Phi) is 2.94. The SMILES string of the molecule is Cc1ccc(O[C@H]2CCOC2)c(Cl)c1. The smallest absolute Gasteiger partial charge is 0.138 e. The quantitative estimate of drug-likeness (QED) is 0.751. The molecule has 1 aliphatic heterocycles. The normalized spacial score (nSPS) is 21.1. The van der Waals surface area contributed by atoms with E-state index in [0.29, 0.717) is 11.6 Å². The van der Waals surface area contributed by atoms with Gasteiger partial charge >= 0.3 is 0 Å². The Morgan fingerprint density at radius 1 is 1.50 bits per heavy atom. The second-order valence-electron chi connectivity index (χ2n) is 3.54. The van der Waals surface area contributed by atoms with Crippen molar-refractivity contribution in [3.63, 3.8) is 0 Å². The minimum Gasteiger partial charge on any atom is -0.486 e. The van der Waals surface area contributed by atoms with Crippen LogP contribution in [-0.2, 0) is 4.74 Å². The Balaban J connectivity index is 2.08. The van der Waals surface area contributed by atoms with Crippen LogP contribution in [0.1, 0.15) is 12.0 Å². The van der Waals surface area contributed by atoms with Crippen molar-refractivity contribution in [1.29, 1.82) is 0 Å². The van der Waals surface area contributed by atoms with Crippen LogP contribution in [-0.4, -0.2) is 19.3 Å². The molecule has 0 N–H and O–H groups in total. The Morgan fingerprint density at radius 2 is 2.36 bits per heavy atom. The molecule has 1 fully saturated rings. The topological polar surface area (TPSA) is 18.5 Å². The Hall–Kier alpha value is -0.730. The first-order valence-electron chi connectivity index (χ1n) is 4.76. The molecule has 1 aromatic rings. The number of hydrogen-bond donors (Lipinski definition) is 0. The van der Waals surface area contributed by atoms with Gasteiger partial charge in [0.25, 0.3) is 0 Å². The third-order valence-corrected chi connectivity index (χ3v) is 2.56. The summed E-state index contributed by atoms with van der Waals surface area (Å²) >= 11 is 6.04. The zero-order chi connectivity index (χ0) is 9.97. The van der Waals surface area contributed by atoms with Crippen molar-refractivity contribution in [2.24, 2.45) is 0 Å². The van der Waals surface area contributed by atoms with Crippen molar-refractivity contribution in [2.45, 2.75) is 19.4 Å². The summed E-state index contributed by atoms with van der Waals surface area (Å²) in [5.74, 6) is 0.757. The van der Waals surface area contributed by atoms with Gasteiger partial charge in [0.2, 0.25) is 0 Å². The van der Waals surface area contributed by atoms with E-state index in [1.54, 1.807) is 0 Å². The Labute approximate surface area is 88.8 Å². The van der Waals surface area contributed by atoms with Crippen LogP contribution in [0.15, 0.2) is 18.2 Å². The van der Waals surface area contributed by atoms with Crippen molar-refractivity contribution >= 4 is 11.6 Å². The van der Waals surface area contributed by atoms with Crippen molar-refractivity contribution in [3.8, 4) is 5.75 Å².